The van der Waals surface area contributed by atoms with Crippen molar-refractivity contribution in [2.24, 2.45) is 0 Å². The molecule has 7 heteroatoms. The minimum atomic E-state index is -0.559. The molecule has 2 saturated heterocycles. The molecule has 0 radical (unpaired) electrons. The topological polar surface area (TPSA) is 82.6 Å². The first-order valence-corrected chi connectivity index (χ1v) is 11.0. The van der Waals surface area contributed by atoms with Gasteiger partial charge in [0.2, 0.25) is 11.8 Å². The van der Waals surface area contributed by atoms with Crippen LogP contribution < -0.4 is 5.32 Å². The van der Waals surface area contributed by atoms with Crippen molar-refractivity contribution in [2.75, 3.05) is 13.1 Å². The highest BCUT2D eigenvalue weighted by Crippen LogP contribution is 2.33. The number of amides is 3. The maximum atomic E-state index is 12.9. The summed E-state index contributed by atoms with van der Waals surface area (Å²) in [6, 6.07) is 11.6. The van der Waals surface area contributed by atoms with Crippen LogP contribution >= 0.6 is 0 Å². The molecule has 1 unspecified atom stereocenters. The zero-order chi connectivity index (χ0) is 21.4. The van der Waals surface area contributed by atoms with E-state index in [1.807, 2.05) is 24.4 Å². The van der Waals surface area contributed by atoms with Crippen LogP contribution in [0.4, 0.5) is 0 Å². The van der Waals surface area contributed by atoms with Gasteiger partial charge in [0.25, 0.3) is 5.91 Å². The summed E-state index contributed by atoms with van der Waals surface area (Å²) in [5.74, 6) is -0.258. The molecule has 5 rings (SSSR count). The number of nitrogens with zero attached hydrogens (tertiary/aromatic N) is 3. The Bertz CT molecular complexity index is 1010. The highest BCUT2D eigenvalue weighted by molar-refractivity contribution is 6.05. The van der Waals surface area contributed by atoms with E-state index in [9.17, 15) is 14.4 Å². The lowest BCUT2D eigenvalue weighted by atomic mass is 9.88. The Morgan fingerprint density at radius 1 is 1.03 bits per heavy atom. The molecular weight excluding hydrogens is 392 g/mol. The van der Waals surface area contributed by atoms with Crippen molar-refractivity contribution in [1.29, 1.82) is 0 Å². The van der Waals surface area contributed by atoms with E-state index in [1.165, 1.54) is 5.56 Å². The molecule has 1 aromatic carbocycles. The molecule has 3 amide bonds. The number of carbonyl (C=O) groups excluding carboxylic acids is 3. The summed E-state index contributed by atoms with van der Waals surface area (Å²) in [4.78, 5) is 45.0. The summed E-state index contributed by atoms with van der Waals surface area (Å²) in [7, 11) is 0. The first-order valence-electron chi connectivity index (χ1n) is 11.0. The van der Waals surface area contributed by atoms with Crippen LogP contribution in [0.25, 0.3) is 0 Å². The molecule has 1 aromatic heterocycles. The minimum Gasteiger partial charge on any atom is -0.322 e. The summed E-state index contributed by atoms with van der Waals surface area (Å²) in [6.07, 6.45) is 4.67. The van der Waals surface area contributed by atoms with Crippen LogP contribution in [-0.4, -0.2) is 51.6 Å². The first kappa shape index (κ1) is 19.9. The van der Waals surface area contributed by atoms with E-state index in [-0.39, 0.29) is 24.1 Å². The molecule has 0 spiro atoms. The number of benzene rings is 1. The average molecular weight is 418 g/mol. The van der Waals surface area contributed by atoms with Gasteiger partial charge in [-0.05, 0) is 67.6 Å². The molecule has 0 bridgehead atoms. The smallest absolute Gasteiger partial charge is 0.255 e. The van der Waals surface area contributed by atoms with E-state index < -0.39 is 6.04 Å². The third kappa shape index (κ3) is 3.97. The molecule has 2 aromatic rings. The fraction of sp³-hybridized carbons (Fsp3) is 0.417. The second-order valence-electron chi connectivity index (χ2n) is 8.69. The molecule has 1 N–H and O–H groups in total. The monoisotopic (exact) mass is 418 g/mol. The Hall–Kier alpha value is -3.06. The van der Waals surface area contributed by atoms with Crippen LogP contribution in [0.3, 0.4) is 0 Å². The summed E-state index contributed by atoms with van der Waals surface area (Å²) >= 11 is 0. The van der Waals surface area contributed by atoms with Crippen LogP contribution in [0, 0.1) is 0 Å². The molecule has 3 aliphatic rings. The lowest BCUT2D eigenvalue weighted by Crippen LogP contribution is -2.52. The number of piperidine rings is 2. The number of hydrogen-bond donors (Lipinski definition) is 1. The molecule has 7 nitrogen and oxygen atoms in total. The first-order chi connectivity index (χ1) is 15.1. The highest BCUT2D eigenvalue weighted by Gasteiger charge is 2.39. The van der Waals surface area contributed by atoms with E-state index in [0.29, 0.717) is 24.4 Å². The van der Waals surface area contributed by atoms with Crippen LogP contribution in [0.2, 0.25) is 0 Å². The number of carbonyl (C=O) groups is 3. The molecule has 31 heavy (non-hydrogen) atoms. The largest absolute Gasteiger partial charge is 0.322 e. The predicted molar refractivity (Wildman–Crippen MR) is 114 cm³/mol. The van der Waals surface area contributed by atoms with Gasteiger partial charge in [-0.25, -0.2) is 0 Å². The van der Waals surface area contributed by atoms with Crippen molar-refractivity contribution in [3.05, 3.63) is 65.0 Å². The number of nitrogens with one attached hydrogen (secondary N) is 1. The van der Waals surface area contributed by atoms with Crippen LogP contribution in [0.15, 0.2) is 42.6 Å². The molecular formula is C24H26N4O3. The van der Waals surface area contributed by atoms with Crippen molar-refractivity contribution in [2.45, 2.75) is 50.7 Å². The van der Waals surface area contributed by atoms with Gasteiger partial charge in [-0.1, -0.05) is 18.2 Å². The van der Waals surface area contributed by atoms with Gasteiger partial charge < -0.3 is 4.90 Å². The van der Waals surface area contributed by atoms with Crippen molar-refractivity contribution >= 4 is 17.7 Å². The Morgan fingerprint density at radius 2 is 1.87 bits per heavy atom. The van der Waals surface area contributed by atoms with Gasteiger partial charge in [0.05, 0.1) is 5.69 Å². The number of rotatable bonds is 4. The van der Waals surface area contributed by atoms with Crippen LogP contribution in [-0.2, 0) is 22.7 Å². The second-order valence-corrected chi connectivity index (χ2v) is 8.69. The number of likely N-dealkylation sites (tertiary alicyclic amines) is 1. The molecule has 4 heterocycles. The van der Waals surface area contributed by atoms with Gasteiger partial charge in [-0.3, -0.25) is 29.6 Å². The Labute approximate surface area is 181 Å². The second kappa shape index (κ2) is 8.23. The average Bonchev–Trinajstić information content (AvgIpc) is 3.10. The molecule has 0 saturated carbocycles. The van der Waals surface area contributed by atoms with Gasteiger partial charge in [0.1, 0.15) is 6.04 Å². The lowest BCUT2D eigenvalue weighted by molar-refractivity contribution is -0.136. The number of hydrogen-bond acceptors (Lipinski definition) is 5. The van der Waals surface area contributed by atoms with Gasteiger partial charge in [-0.15, -0.1) is 0 Å². The molecule has 0 aliphatic carbocycles. The minimum absolute atomic E-state index is 0.110. The summed E-state index contributed by atoms with van der Waals surface area (Å²) in [5.41, 5.74) is 4.05. The van der Waals surface area contributed by atoms with E-state index in [0.717, 1.165) is 43.7 Å². The zero-order valence-electron chi connectivity index (χ0n) is 17.4. The Morgan fingerprint density at radius 3 is 2.61 bits per heavy atom. The predicted octanol–water partition coefficient (Wildman–Crippen LogP) is 2.22. The fourth-order valence-electron chi connectivity index (χ4n) is 4.99. The van der Waals surface area contributed by atoms with Gasteiger partial charge in [-0.2, -0.15) is 0 Å². The quantitative estimate of drug-likeness (QED) is 0.770. The SMILES string of the molecule is O=C1CCC(N2Cc3cc(C4CCN(Cc5ccccn5)CC4)ccc3C2=O)C(=O)N1. The van der Waals surface area contributed by atoms with Gasteiger partial charge in [0, 0.05) is 31.3 Å². The summed E-state index contributed by atoms with van der Waals surface area (Å²) in [6.45, 7) is 3.37. The third-order valence-electron chi connectivity index (χ3n) is 6.72. The maximum absolute atomic E-state index is 12.9. The molecule has 2 fully saturated rings. The van der Waals surface area contributed by atoms with Gasteiger partial charge in [0.15, 0.2) is 0 Å². The Balaban J connectivity index is 1.24. The normalized spacial score (nSPS) is 22.5. The van der Waals surface area contributed by atoms with Crippen molar-refractivity contribution in [3.8, 4) is 0 Å². The molecule has 1 atom stereocenters. The van der Waals surface area contributed by atoms with Crippen molar-refractivity contribution in [3.63, 3.8) is 0 Å². The number of pyridine rings is 1. The highest BCUT2D eigenvalue weighted by atomic mass is 16.2. The summed E-state index contributed by atoms with van der Waals surface area (Å²) in [5, 5.41) is 2.36. The number of imide groups is 1. The van der Waals surface area contributed by atoms with Gasteiger partial charge >= 0.3 is 0 Å². The molecule has 160 valence electrons. The van der Waals surface area contributed by atoms with Crippen LogP contribution in [0.1, 0.15) is 58.8 Å². The van der Waals surface area contributed by atoms with Crippen molar-refractivity contribution in [1.82, 2.24) is 20.1 Å². The molecule has 3 aliphatic heterocycles. The maximum Gasteiger partial charge on any atom is 0.255 e. The van der Waals surface area contributed by atoms with E-state index in [4.69, 9.17) is 0 Å². The van der Waals surface area contributed by atoms with E-state index in [2.05, 4.69) is 33.4 Å². The van der Waals surface area contributed by atoms with Crippen LogP contribution in [0.5, 0.6) is 0 Å². The van der Waals surface area contributed by atoms with E-state index >= 15 is 0 Å². The fourth-order valence-corrected chi connectivity index (χ4v) is 4.99. The Kier molecular flexibility index (Phi) is 5.28. The van der Waals surface area contributed by atoms with Crippen molar-refractivity contribution < 1.29 is 14.4 Å². The standard InChI is InChI=1S/C24H26N4O3/c29-22-7-6-21(23(30)26-22)28-14-18-13-17(4-5-20(18)24(28)31)16-8-11-27(12-9-16)15-19-3-1-2-10-25-19/h1-5,10,13,16,21H,6-9,11-12,14-15H2,(H,26,29,30). The third-order valence-corrected chi connectivity index (χ3v) is 6.72. The van der Waals surface area contributed by atoms with E-state index in [1.54, 1.807) is 4.90 Å². The zero-order valence-corrected chi connectivity index (χ0v) is 17.4. The number of aromatic nitrogens is 1. The summed E-state index contributed by atoms with van der Waals surface area (Å²) < 4.78 is 0. The number of fused-ring (bicyclic) bond motifs is 1. The lowest BCUT2D eigenvalue weighted by Gasteiger charge is -2.32.